The fourth-order valence-electron chi connectivity index (χ4n) is 3.05. The van der Waals surface area contributed by atoms with Crippen LogP contribution in [0.4, 0.5) is 20.3 Å². The Bertz CT molecular complexity index is 1370. The van der Waals surface area contributed by atoms with E-state index in [1.165, 1.54) is 12.3 Å². The fourth-order valence-corrected chi connectivity index (χ4v) is 4.30. The van der Waals surface area contributed by atoms with E-state index in [2.05, 4.69) is 10.3 Å². The number of amides is 1. The zero-order valence-electron chi connectivity index (χ0n) is 17.8. The first kappa shape index (κ1) is 25.1. The van der Waals surface area contributed by atoms with E-state index in [-0.39, 0.29) is 23.6 Å². The molecule has 12 heteroatoms. The lowest BCUT2D eigenvalue weighted by molar-refractivity contribution is 0.0969. The SMILES string of the molecule is CCCS(=O)(=O)Nc1ccc(F)c(C(=O)NC(=N)c2cc(-c3ccc(Cl)cc3)cnc2N)c1F. The van der Waals surface area contributed by atoms with Crippen molar-refractivity contribution < 1.29 is 22.0 Å². The third-order valence-corrected chi connectivity index (χ3v) is 6.39. The molecule has 0 aliphatic carbocycles. The Balaban J connectivity index is 1.89. The van der Waals surface area contributed by atoms with Gasteiger partial charge in [0.2, 0.25) is 10.0 Å². The Morgan fingerprint density at radius 3 is 2.47 bits per heavy atom. The summed E-state index contributed by atoms with van der Waals surface area (Å²) in [4.78, 5) is 16.6. The molecule has 3 rings (SSSR count). The lowest BCUT2D eigenvalue weighted by Crippen LogP contribution is -2.33. The molecule has 0 spiro atoms. The van der Waals surface area contributed by atoms with E-state index >= 15 is 0 Å². The van der Waals surface area contributed by atoms with Crippen LogP contribution in [0.2, 0.25) is 5.02 Å². The minimum atomic E-state index is -3.89. The normalized spacial score (nSPS) is 11.2. The zero-order chi connectivity index (χ0) is 25.0. The van der Waals surface area contributed by atoms with E-state index in [4.69, 9.17) is 22.7 Å². The smallest absolute Gasteiger partial charge is 0.262 e. The van der Waals surface area contributed by atoms with Gasteiger partial charge in [0.05, 0.1) is 17.0 Å². The second-order valence-corrected chi connectivity index (χ2v) is 9.48. The standard InChI is InChI=1S/C22H20ClF2N5O3S/c1-2-9-34(32,33)30-17-8-7-16(24)18(19(17)25)22(31)29-21(27)15-10-13(11-28-20(15)26)12-3-5-14(23)6-4-12/h3-8,10-11,30H,2,9H2,1H3,(H2,26,28)(H2,27,29,31). The summed E-state index contributed by atoms with van der Waals surface area (Å²) in [6.07, 6.45) is 1.73. The van der Waals surface area contributed by atoms with Gasteiger partial charge in [-0.15, -0.1) is 0 Å². The van der Waals surface area contributed by atoms with Gasteiger partial charge in [-0.3, -0.25) is 14.9 Å². The number of nitrogens with one attached hydrogen (secondary N) is 3. The fraction of sp³-hybridized carbons (Fsp3) is 0.136. The van der Waals surface area contributed by atoms with Crippen LogP contribution in [0.25, 0.3) is 11.1 Å². The average molecular weight is 508 g/mol. The number of nitrogen functional groups attached to an aromatic ring is 1. The number of pyridine rings is 1. The minimum absolute atomic E-state index is 0.0152. The van der Waals surface area contributed by atoms with E-state index in [1.807, 2.05) is 4.72 Å². The maximum atomic E-state index is 14.9. The van der Waals surface area contributed by atoms with Gasteiger partial charge in [-0.05, 0) is 42.3 Å². The largest absolute Gasteiger partial charge is 0.383 e. The Morgan fingerprint density at radius 2 is 1.82 bits per heavy atom. The summed E-state index contributed by atoms with van der Waals surface area (Å²) in [7, 11) is -3.89. The molecule has 1 aromatic heterocycles. The van der Waals surface area contributed by atoms with E-state index in [1.54, 1.807) is 31.2 Å². The molecule has 1 heterocycles. The summed E-state index contributed by atoms with van der Waals surface area (Å²) in [5.74, 6) is -4.88. The number of aromatic nitrogens is 1. The zero-order valence-corrected chi connectivity index (χ0v) is 19.4. The Kier molecular flexibility index (Phi) is 7.48. The van der Waals surface area contributed by atoms with Crippen molar-refractivity contribution in [3.8, 4) is 11.1 Å². The molecule has 0 bridgehead atoms. The van der Waals surface area contributed by atoms with Crippen LogP contribution in [0, 0.1) is 17.0 Å². The first-order valence-electron chi connectivity index (χ1n) is 9.92. The van der Waals surface area contributed by atoms with E-state index < -0.39 is 44.7 Å². The number of benzene rings is 2. The molecule has 0 atom stereocenters. The van der Waals surface area contributed by atoms with Crippen LogP contribution in [-0.4, -0.2) is 30.9 Å². The predicted molar refractivity (Wildman–Crippen MR) is 127 cm³/mol. The highest BCUT2D eigenvalue weighted by Crippen LogP contribution is 2.25. The molecule has 0 saturated carbocycles. The van der Waals surface area contributed by atoms with Gasteiger partial charge < -0.3 is 11.1 Å². The maximum absolute atomic E-state index is 14.9. The van der Waals surface area contributed by atoms with E-state index in [0.717, 1.165) is 12.1 Å². The number of nitrogens with zero attached hydrogens (tertiary/aromatic N) is 1. The molecule has 0 fully saturated rings. The summed E-state index contributed by atoms with van der Waals surface area (Å²) in [6.45, 7) is 1.62. The molecule has 1 amide bonds. The quantitative estimate of drug-likeness (QED) is 0.281. The van der Waals surface area contributed by atoms with Gasteiger partial charge in [0.25, 0.3) is 5.91 Å². The maximum Gasteiger partial charge on any atom is 0.262 e. The summed E-state index contributed by atoms with van der Waals surface area (Å²) in [5.41, 5.74) is 5.48. The Hall–Kier alpha value is -3.57. The summed E-state index contributed by atoms with van der Waals surface area (Å²) >= 11 is 5.89. The van der Waals surface area contributed by atoms with Gasteiger partial charge in [0.15, 0.2) is 5.82 Å². The van der Waals surface area contributed by atoms with Gasteiger partial charge in [0.1, 0.15) is 23.0 Å². The second-order valence-electron chi connectivity index (χ2n) is 7.20. The highest BCUT2D eigenvalue weighted by Gasteiger charge is 2.24. The summed E-state index contributed by atoms with van der Waals surface area (Å²) in [6, 6.07) is 9.87. The highest BCUT2D eigenvalue weighted by atomic mass is 35.5. The van der Waals surface area contributed by atoms with Gasteiger partial charge in [-0.1, -0.05) is 30.7 Å². The van der Waals surface area contributed by atoms with E-state index in [9.17, 15) is 22.0 Å². The molecule has 3 aromatic rings. The molecule has 0 aliphatic heterocycles. The van der Waals surface area contributed by atoms with Crippen LogP contribution < -0.4 is 15.8 Å². The number of hydrogen-bond acceptors (Lipinski definition) is 6. The molecular formula is C22H20ClF2N5O3S. The Labute approximate surface area is 199 Å². The molecule has 5 N–H and O–H groups in total. The van der Waals surface area contributed by atoms with Crippen LogP contribution in [0.3, 0.4) is 0 Å². The number of hydrogen-bond donors (Lipinski definition) is 4. The number of amidine groups is 1. The van der Waals surface area contributed by atoms with Gasteiger partial charge in [-0.25, -0.2) is 22.2 Å². The number of nitrogens with two attached hydrogens (primary N) is 1. The van der Waals surface area contributed by atoms with Crippen molar-refractivity contribution in [2.45, 2.75) is 13.3 Å². The van der Waals surface area contributed by atoms with Crippen LogP contribution in [0.5, 0.6) is 0 Å². The molecule has 8 nitrogen and oxygen atoms in total. The first-order valence-corrected chi connectivity index (χ1v) is 12.0. The lowest BCUT2D eigenvalue weighted by atomic mass is 10.0. The average Bonchev–Trinajstić information content (AvgIpc) is 2.76. The van der Waals surface area contributed by atoms with Crippen LogP contribution in [0.1, 0.15) is 29.3 Å². The minimum Gasteiger partial charge on any atom is -0.383 e. The summed E-state index contributed by atoms with van der Waals surface area (Å²) < 4.78 is 55.1. The predicted octanol–water partition coefficient (Wildman–Crippen LogP) is 4.17. The van der Waals surface area contributed by atoms with Crippen molar-refractivity contribution in [3.63, 3.8) is 0 Å². The molecule has 34 heavy (non-hydrogen) atoms. The molecule has 0 radical (unpaired) electrons. The third-order valence-electron chi connectivity index (χ3n) is 4.66. The topological polar surface area (TPSA) is 138 Å². The van der Waals surface area contributed by atoms with Crippen molar-refractivity contribution in [1.82, 2.24) is 10.3 Å². The highest BCUT2D eigenvalue weighted by molar-refractivity contribution is 7.92. The molecule has 0 aliphatic rings. The van der Waals surface area contributed by atoms with Crippen molar-refractivity contribution in [1.29, 1.82) is 5.41 Å². The molecule has 2 aromatic carbocycles. The number of anilines is 2. The third kappa shape index (κ3) is 5.67. The van der Waals surface area contributed by atoms with Crippen LogP contribution in [-0.2, 0) is 10.0 Å². The first-order chi connectivity index (χ1) is 16.0. The van der Waals surface area contributed by atoms with E-state index in [0.29, 0.717) is 16.1 Å². The molecular weight excluding hydrogens is 488 g/mol. The number of carbonyl (C=O) groups excluding carboxylic acids is 1. The van der Waals surface area contributed by atoms with Crippen LogP contribution >= 0.6 is 11.6 Å². The molecule has 178 valence electrons. The molecule has 0 unspecified atom stereocenters. The number of rotatable bonds is 7. The lowest BCUT2D eigenvalue weighted by Gasteiger charge is -2.14. The van der Waals surface area contributed by atoms with Gasteiger partial charge in [0, 0.05) is 16.8 Å². The van der Waals surface area contributed by atoms with Crippen LogP contribution in [0.15, 0.2) is 48.7 Å². The van der Waals surface area contributed by atoms with Crippen molar-refractivity contribution >= 4 is 44.9 Å². The second kappa shape index (κ2) is 10.1. The number of halogens is 3. The molecule has 0 saturated heterocycles. The van der Waals surface area contributed by atoms with Crippen molar-refractivity contribution in [3.05, 3.63) is 76.4 Å². The number of sulfonamides is 1. The van der Waals surface area contributed by atoms with Gasteiger partial charge >= 0.3 is 0 Å². The van der Waals surface area contributed by atoms with Crippen molar-refractivity contribution in [2.24, 2.45) is 0 Å². The monoisotopic (exact) mass is 507 g/mol. The van der Waals surface area contributed by atoms with Crippen molar-refractivity contribution in [2.75, 3.05) is 16.2 Å². The van der Waals surface area contributed by atoms with Gasteiger partial charge in [-0.2, -0.15) is 0 Å². The summed E-state index contributed by atoms with van der Waals surface area (Å²) in [5, 5.41) is 10.8. The Morgan fingerprint density at radius 1 is 1.15 bits per heavy atom. The number of carbonyl (C=O) groups is 1.